The Balaban J connectivity index is 1.63. The molecule has 0 aromatic heterocycles. The number of nitrogens with one attached hydrogen (secondary N) is 2. The number of hydrogen-bond acceptors (Lipinski definition) is 5. The number of amides is 2. The topological polar surface area (TPSA) is 129 Å². The van der Waals surface area contributed by atoms with E-state index in [-0.39, 0.29) is 12.4 Å². The van der Waals surface area contributed by atoms with Gasteiger partial charge in [0.25, 0.3) is 11.8 Å². The summed E-state index contributed by atoms with van der Waals surface area (Å²) in [6, 6.07) is 14.1. The summed E-state index contributed by atoms with van der Waals surface area (Å²) in [7, 11) is 0. The van der Waals surface area contributed by atoms with Crippen LogP contribution in [0.3, 0.4) is 0 Å². The maximum atomic E-state index is 12.7. The number of carbonyl (C=O) groups is 2. The third-order valence-corrected chi connectivity index (χ3v) is 4.73. The smallest absolute Gasteiger partial charge is 0.256 e. The van der Waals surface area contributed by atoms with Crippen LogP contribution in [0.25, 0.3) is 0 Å². The number of benzene rings is 2. The van der Waals surface area contributed by atoms with Crippen LogP contribution in [0.5, 0.6) is 0 Å². The van der Waals surface area contributed by atoms with Gasteiger partial charge in [-0.2, -0.15) is 0 Å². The number of amidine groups is 1. The van der Waals surface area contributed by atoms with Gasteiger partial charge in [-0.3, -0.25) is 15.0 Å². The van der Waals surface area contributed by atoms with Gasteiger partial charge in [-0.15, -0.1) is 0 Å². The number of aliphatic hydroxyl groups is 1. The number of aliphatic hydroxyl groups excluding tert-OH is 1. The molecule has 2 atom stereocenters. The quantitative estimate of drug-likeness (QED) is 0.428. The lowest BCUT2D eigenvalue weighted by atomic mass is 10.1. The molecule has 1 unspecified atom stereocenters. The molecule has 1 aliphatic rings. The second-order valence-corrected chi connectivity index (χ2v) is 6.96. The summed E-state index contributed by atoms with van der Waals surface area (Å²) in [6.45, 7) is 3.01. The number of nitrogen functional groups attached to an aromatic ring is 1. The number of carbonyl (C=O) groups excluding carboxylic acids is 2. The van der Waals surface area contributed by atoms with Crippen molar-refractivity contribution in [3.05, 3.63) is 65.2 Å². The molecule has 0 saturated carbocycles. The van der Waals surface area contributed by atoms with Crippen molar-refractivity contribution in [3.8, 4) is 0 Å². The van der Waals surface area contributed by atoms with Crippen molar-refractivity contribution in [2.24, 2.45) is 5.73 Å². The minimum atomic E-state index is -1.64. The molecule has 3 rings (SSSR count). The molecule has 1 heterocycles. The van der Waals surface area contributed by atoms with Gasteiger partial charge in [-0.05, 0) is 36.8 Å². The van der Waals surface area contributed by atoms with Crippen LogP contribution in [0.4, 0.5) is 5.69 Å². The lowest BCUT2D eigenvalue weighted by Gasteiger charge is -2.34. The summed E-state index contributed by atoms with van der Waals surface area (Å²) in [6.07, 6.45) is -2.90. The van der Waals surface area contributed by atoms with Gasteiger partial charge in [0.15, 0.2) is 12.2 Å². The van der Waals surface area contributed by atoms with Gasteiger partial charge in [0, 0.05) is 24.3 Å². The van der Waals surface area contributed by atoms with Crippen molar-refractivity contribution in [2.45, 2.75) is 25.7 Å². The van der Waals surface area contributed by atoms with Crippen LogP contribution in [0.1, 0.15) is 16.7 Å². The van der Waals surface area contributed by atoms with E-state index in [1.807, 2.05) is 31.2 Å². The summed E-state index contributed by atoms with van der Waals surface area (Å²) in [5, 5.41) is 20.3. The monoisotopic (exact) mass is 396 g/mol. The zero-order chi connectivity index (χ0) is 21.0. The minimum Gasteiger partial charge on any atom is -0.384 e. The van der Waals surface area contributed by atoms with Crippen LogP contribution < -0.4 is 11.1 Å². The molecule has 2 amide bonds. The Bertz CT molecular complexity index is 896. The summed E-state index contributed by atoms with van der Waals surface area (Å²) >= 11 is 0. The van der Waals surface area contributed by atoms with Crippen LogP contribution in [-0.2, 0) is 20.9 Å². The standard InChI is InChI=1S/C21H24N4O4/c1-13-2-4-14(5-3-13)12-25-10-11-29-18(21(25)28)17(26)20(27)24-16-8-6-15(7-9-16)19(22)23/h2-9,17-18,26H,10-12H2,1H3,(H3,22,23)(H,24,27)/t17?,18-/m1/s1. The van der Waals surface area contributed by atoms with Crippen LogP contribution in [0, 0.1) is 12.3 Å². The summed E-state index contributed by atoms with van der Waals surface area (Å²) in [5.41, 5.74) is 8.42. The molecule has 2 aromatic carbocycles. The highest BCUT2D eigenvalue weighted by Gasteiger charge is 2.38. The van der Waals surface area contributed by atoms with Crippen molar-refractivity contribution < 1.29 is 19.4 Å². The van der Waals surface area contributed by atoms with E-state index in [0.717, 1.165) is 11.1 Å². The van der Waals surface area contributed by atoms with Gasteiger partial charge in [0.2, 0.25) is 0 Å². The van der Waals surface area contributed by atoms with Gasteiger partial charge in [0.05, 0.1) is 6.61 Å². The molecule has 0 spiro atoms. The summed E-state index contributed by atoms with van der Waals surface area (Å²) in [4.78, 5) is 26.7. The van der Waals surface area contributed by atoms with Crippen molar-refractivity contribution in [2.75, 3.05) is 18.5 Å². The average Bonchev–Trinajstić information content (AvgIpc) is 2.71. The van der Waals surface area contributed by atoms with E-state index in [9.17, 15) is 14.7 Å². The third-order valence-electron chi connectivity index (χ3n) is 4.73. The highest BCUT2D eigenvalue weighted by atomic mass is 16.5. The fourth-order valence-electron chi connectivity index (χ4n) is 3.04. The Kier molecular flexibility index (Phi) is 6.26. The fraction of sp³-hybridized carbons (Fsp3) is 0.286. The zero-order valence-electron chi connectivity index (χ0n) is 16.1. The maximum Gasteiger partial charge on any atom is 0.256 e. The fourth-order valence-corrected chi connectivity index (χ4v) is 3.04. The first kappa shape index (κ1) is 20.5. The Hall–Kier alpha value is -3.23. The van der Waals surface area contributed by atoms with E-state index < -0.39 is 24.0 Å². The van der Waals surface area contributed by atoms with Gasteiger partial charge < -0.3 is 25.8 Å². The van der Waals surface area contributed by atoms with Crippen LogP contribution >= 0.6 is 0 Å². The predicted molar refractivity (Wildman–Crippen MR) is 108 cm³/mol. The second-order valence-electron chi connectivity index (χ2n) is 6.96. The lowest BCUT2D eigenvalue weighted by molar-refractivity contribution is -0.166. The molecule has 0 bridgehead atoms. The van der Waals surface area contributed by atoms with E-state index in [0.29, 0.717) is 24.3 Å². The van der Waals surface area contributed by atoms with Crippen LogP contribution in [0.2, 0.25) is 0 Å². The van der Waals surface area contributed by atoms with E-state index >= 15 is 0 Å². The number of aryl methyl sites for hydroxylation is 1. The first-order chi connectivity index (χ1) is 13.8. The first-order valence-corrected chi connectivity index (χ1v) is 9.24. The van der Waals surface area contributed by atoms with Gasteiger partial charge in [0.1, 0.15) is 5.84 Å². The molecule has 29 heavy (non-hydrogen) atoms. The molecule has 1 fully saturated rings. The molecule has 2 aromatic rings. The number of morpholine rings is 1. The molecule has 5 N–H and O–H groups in total. The predicted octanol–water partition coefficient (Wildman–Crippen LogP) is 1.01. The molecule has 0 aliphatic carbocycles. The van der Waals surface area contributed by atoms with Crippen molar-refractivity contribution in [1.29, 1.82) is 5.41 Å². The second kappa shape index (κ2) is 8.85. The SMILES string of the molecule is Cc1ccc(CN2CCO[C@H](C(O)C(=O)Nc3ccc(C(=N)N)cc3)C2=O)cc1. The molecule has 8 heteroatoms. The maximum absolute atomic E-state index is 12.7. The molecule has 0 radical (unpaired) electrons. The Morgan fingerprint density at radius 1 is 1.28 bits per heavy atom. The molecule has 1 aliphatic heterocycles. The molecular formula is C21H24N4O4. The van der Waals surface area contributed by atoms with Crippen LogP contribution in [-0.4, -0.2) is 53.0 Å². The van der Waals surface area contributed by atoms with E-state index in [4.69, 9.17) is 15.9 Å². The highest BCUT2D eigenvalue weighted by molar-refractivity contribution is 5.99. The Labute approximate surface area is 168 Å². The van der Waals surface area contributed by atoms with Gasteiger partial charge >= 0.3 is 0 Å². The Morgan fingerprint density at radius 2 is 1.93 bits per heavy atom. The molecule has 8 nitrogen and oxygen atoms in total. The first-order valence-electron chi connectivity index (χ1n) is 9.24. The normalized spacial score (nSPS) is 17.7. The van der Waals surface area contributed by atoms with E-state index in [2.05, 4.69) is 5.32 Å². The van der Waals surface area contributed by atoms with Crippen molar-refractivity contribution >= 4 is 23.3 Å². The number of hydrogen-bond donors (Lipinski definition) is 4. The number of anilines is 1. The number of nitrogens with zero attached hydrogens (tertiary/aromatic N) is 1. The molecule has 1 saturated heterocycles. The van der Waals surface area contributed by atoms with Crippen molar-refractivity contribution in [1.82, 2.24) is 4.90 Å². The van der Waals surface area contributed by atoms with E-state index in [1.165, 1.54) is 0 Å². The molecular weight excluding hydrogens is 372 g/mol. The average molecular weight is 396 g/mol. The van der Waals surface area contributed by atoms with Crippen molar-refractivity contribution in [3.63, 3.8) is 0 Å². The van der Waals surface area contributed by atoms with Gasteiger partial charge in [-0.25, -0.2) is 0 Å². The lowest BCUT2D eigenvalue weighted by Crippen LogP contribution is -2.54. The van der Waals surface area contributed by atoms with Crippen LogP contribution in [0.15, 0.2) is 48.5 Å². The van der Waals surface area contributed by atoms with E-state index in [1.54, 1.807) is 29.2 Å². The number of rotatable bonds is 6. The number of nitrogens with two attached hydrogens (primary N) is 1. The minimum absolute atomic E-state index is 0.0854. The highest BCUT2D eigenvalue weighted by Crippen LogP contribution is 2.17. The zero-order valence-corrected chi connectivity index (χ0v) is 16.1. The summed E-state index contributed by atoms with van der Waals surface area (Å²) in [5.74, 6) is -1.25. The Morgan fingerprint density at radius 3 is 2.55 bits per heavy atom. The van der Waals surface area contributed by atoms with Gasteiger partial charge in [-0.1, -0.05) is 29.8 Å². The largest absolute Gasteiger partial charge is 0.384 e. The third kappa shape index (κ3) is 4.98. The molecule has 152 valence electrons. The summed E-state index contributed by atoms with van der Waals surface area (Å²) < 4.78 is 5.40. The number of ether oxygens (including phenoxy) is 1.